The Morgan fingerprint density at radius 2 is 1.98 bits per heavy atom. The molecule has 8 heteroatoms. The third kappa shape index (κ3) is 6.17. The maximum absolute atomic E-state index is 12.9. The molecule has 6 rings (SSSR count). The predicted octanol–water partition coefficient (Wildman–Crippen LogP) is 6.58. The lowest BCUT2D eigenvalue weighted by Crippen LogP contribution is -2.38. The van der Waals surface area contributed by atoms with Crippen molar-refractivity contribution in [2.75, 3.05) is 23.7 Å². The first-order chi connectivity index (χ1) is 20.0. The summed E-state index contributed by atoms with van der Waals surface area (Å²) in [7, 11) is 0. The molecule has 1 saturated heterocycles. The lowest BCUT2D eigenvalue weighted by atomic mass is 10.0. The molecule has 2 aliphatic rings. The van der Waals surface area contributed by atoms with Gasteiger partial charge in [0.05, 0.1) is 11.3 Å². The fraction of sp³-hybridized carbons (Fsp3) is 0.394. The molecule has 4 aromatic rings. The summed E-state index contributed by atoms with van der Waals surface area (Å²) in [6.07, 6.45) is 7.42. The van der Waals surface area contributed by atoms with Crippen molar-refractivity contribution in [3.05, 3.63) is 66.5 Å². The molecule has 212 valence electrons. The van der Waals surface area contributed by atoms with Crippen molar-refractivity contribution in [3.63, 3.8) is 0 Å². The van der Waals surface area contributed by atoms with Gasteiger partial charge < -0.3 is 20.7 Å². The fourth-order valence-corrected chi connectivity index (χ4v) is 5.94. The van der Waals surface area contributed by atoms with E-state index in [4.69, 9.17) is 9.72 Å². The van der Waals surface area contributed by atoms with Crippen LogP contribution in [0.25, 0.3) is 22.0 Å². The number of piperidine rings is 1. The first-order valence-electron chi connectivity index (χ1n) is 14.7. The Labute approximate surface area is 241 Å². The molecule has 8 nitrogen and oxygen atoms in total. The Hall–Kier alpha value is -4.04. The summed E-state index contributed by atoms with van der Waals surface area (Å²) < 4.78 is 6.56. The third-order valence-corrected chi connectivity index (χ3v) is 8.30. The van der Waals surface area contributed by atoms with Crippen LogP contribution in [0.15, 0.2) is 60.9 Å². The Morgan fingerprint density at radius 3 is 2.78 bits per heavy atom. The van der Waals surface area contributed by atoms with Gasteiger partial charge in [-0.15, -0.1) is 0 Å². The summed E-state index contributed by atoms with van der Waals surface area (Å²) in [6, 6.07) is 16.0. The number of hydrogen-bond acceptors (Lipinski definition) is 7. The van der Waals surface area contributed by atoms with Crippen LogP contribution in [0.1, 0.15) is 45.1 Å². The predicted molar refractivity (Wildman–Crippen MR) is 163 cm³/mol. The molecule has 2 fully saturated rings. The lowest BCUT2D eigenvalue weighted by molar-refractivity contribution is -0.116. The van der Waals surface area contributed by atoms with E-state index >= 15 is 0 Å². The molecule has 3 N–H and O–H groups in total. The second-order valence-corrected chi connectivity index (χ2v) is 11.7. The zero-order chi connectivity index (χ0) is 28.3. The van der Waals surface area contributed by atoms with Crippen LogP contribution in [-0.4, -0.2) is 40.0 Å². The highest BCUT2D eigenvalue weighted by Crippen LogP contribution is 2.46. The minimum atomic E-state index is 0.0675. The van der Waals surface area contributed by atoms with Gasteiger partial charge in [-0.3, -0.25) is 4.79 Å². The SMILES string of the molecule is Cc1ccc2c(NC(=O)CC3CC3C(C)C)cccc2c1Oc1ncccc1-c1ccnc(N[C@H]2CCCNC2)n1. The van der Waals surface area contributed by atoms with Gasteiger partial charge >= 0.3 is 0 Å². The fourth-order valence-electron chi connectivity index (χ4n) is 5.94. The second kappa shape index (κ2) is 11.8. The second-order valence-electron chi connectivity index (χ2n) is 11.7. The van der Waals surface area contributed by atoms with E-state index in [0.717, 1.165) is 65.6 Å². The number of nitrogens with zero attached hydrogens (tertiary/aromatic N) is 3. The Bertz CT molecular complexity index is 1550. The van der Waals surface area contributed by atoms with Crippen molar-refractivity contribution in [2.24, 2.45) is 17.8 Å². The Morgan fingerprint density at radius 1 is 1.07 bits per heavy atom. The number of amides is 1. The monoisotopic (exact) mass is 550 g/mol. The van der Waals surface area contributed by atoms with Gasteiger partial charge in [0, 0.05) is 47.9 Å². The number of nitrogens with one attached hydrogen (secondary N) is 3. The molecular weight excluding hydrogens is 512 g/mol. The Balaban J connectivity index is 1.26. The summed E-state index contributed by atoms with van der Waals surface area (Å²) in [5.74, 6) is 3.62. The molecular formula is C33H38N6O2. The van der Waals surface area contributed by atoms with Crippen molar-refractivity contribution in [2.45, 2.75) is 52.5 Å². The number of carbonyl (C=O) groups is 1. The van der Waals surface area contributed by atoms with Crippen molar-refractivity contribution < 1.29 is 9.53 Å². The molecule has 1 aliphatic carbocycles. The average molecular weight is 551 g/mol. The molecule has 41 heavy (non-hydrogen) atoms. The van der Waals surface area contributed by atoms with Crippen LogP contribution in [-0.2, 0) is 4.79 Å². The standard InChI is InChI=1S/C33H38N6O2/c1-20(2)27-17-22(27)18-30(40)38-28-10-4-8-25-24(28)12-11-21(3)31(25)41-32-26(9-6-15-35-32)29-13-16-36-33(39-29)37-23-7-5-14-34-19-23/h4,6,8-13,15-16,20,22-23,27,34H,5,7,14,17-19H2,1-3H3,(H,38,40)(H,36,37,39)/t22?,23-,27?/m0/s1. The molecule has 1 saturated carbocycles. The van der Waals surface area contributed by atoms with Gasteiger partial charge in [-0.2, -0.15) is 0 Å². The van der Waals surface area contributed by atoms with Crippen molar-refractivity contribution in [1.82, 2.24) is 20.3 Å². The molecule has 1 amide bonds. The molecule has 2 unspecified atom stereocenters. The number of hydrogen-bond donors (Lipinski definition) is 3. The van der Waals surface area contributed by atoms with Crippen LogP contribution in [0.2, 0.25) is 0 Å². The van der Waals surface area contributed by atoms with Gasteiger partial charge in [-0.25, -0.2) is 15.0 Å². The van der Waals surface area contributed by atoms with Crippen molar-refractivity contribution in [1.29, 1.82) is 0 Å². The molecule has 1 aliphatic heterocycles. The summed E-state index contributed by atoms with van der Waals surface area (Å²) in [4.78, 5) is 26.7. The van der Waals surface area contributed by atoms with E-state index in [1.807, 2.05) is 55.5 Å². The lowest BCUT2D eigenvalue weighted by Gasteiger charge is -2.23. The third-order valence-electron chi connectivity index (χ3n) is 8.30. The van der Waals surface area contributed by atoms with Gasteiger partial charge in [0.1, 0.15) is 5.75 Å². The van der Waals surface area contributed by atoms with Crippen LogP contribution in [0.5, 0.6) is 11.6 Å². The van der Waals surface area contributed by atoms with Crippen LogP contribution in [0.4, 0.5) is 11.6 Å². The van der Waals surface area contributed by atoms with E-state index in [-0.39, 0.29) is 5.91 Å². The zero-order valence-electron chi connectivity index (χ0n) is 24.0. The summed E-state index contributed by atoms with van der Waals surface area (Å²) >= 11 is 0. The first-order valence-corrected chi connectivity index (χ1v) is 14.7. The van der Waals surface area contributed by atoms with Gasteiger partial charge in [-0.05, 0) is 80.3 Å². The quantitative estimate of drug-likeness (QED) is 0.216. The van der Waals surface area contributed by atoms with Crippen molar-refractivity contribution in [3.8, 4) is 22.9 Å². The van der Waals surface area contributed by atoms with E-state index in [1.54, 1.807) is 12.4 Å². The number of carbonyl (C=O) groups excluding carboxylic acids is 1. The minimum Gasteiger partial charge on any atom is -0.437 e. The largest absolute Gasteiger partial charge is 0.437 e. The van der Waals surface area contributed by atoms with E-state index in [1.165, 1.54) is 0 Å². The Kier molecular flexibility index (Phi) is 7.83. The number of pyridine rings is 1. The number of anilines is 2. The summed E-state index contributed by atoms with van der Waals surface area (Å²) in [6.45, 7) is 8.44. The van der Waals surface area contributed by atoms with E-state index in [9.17, 15) is 4.79 Å². The van der Waals surface area contributed by atoms with E-state index < -0.39 is 0 Å². The van der Waals surface area contributed by atoms with Gasteiger partial charge in [0.25, 0.3) is 0 Å². The molecule has 0 spiro atoms. The van der Waals surface area contributed by atoms with Crippen LogP contribution in [0.3, 0.4) is 0 Å². The highest BCUT2D eigenvalue weighted by molar-refractivity contribution is 6.04. The average Bonchev–Trinajstić information content (AvgIpc) is 3.75. The molecule has 2 aromatic heterocycles. The highest BCUT2D eigenvalue weighted by atomic mass is 16.5. The van der Waals surface area contributed by atoms with E-state index in [0.29, 0.717) is 47.8 Å². The smallest absolute Gasteiger partial charge is 0.228 e. The number of fused-ring (bicyclic) bond motifs is 1. The van der Waals surface area contributed by atoms with Gasteiger partial charge in [0.2, 0.25) is 17.7 Å². The number of aryl methyl sites for hydroxylation is 1. The maximum Gasteiger partial charge on any atom is 0.228 e. The molecule has 0 radical (unpaired) electrons. The minimum absolute atomic E-state index is 0.0675. The topological polar surface area (TPSA) is 101 Å². The van der Waals surface area contributed by atoms with Gasteiger partial charge in [0.15, 0.2) is 0 Å². The summed E-state index contributed by atoms with van der Waals surface area (Å²) in [5, 5.41) is 11.9. The maximum atomic E-state index is 12.9. The molecule has 0 bridgehead atoms. The van der Waals surface area contributed by atoms with Gasteiger partial charge in [-0.1, -0.05) is 38.1 Å². The van der Waals surface area contributed by atoms with E-state index in [2.05, 4.69) is 39.8 Å². The number of benzene rings is 2. The zero-order valence-corrected chi connectivity index (χ0v) is 24.0. The molecule has 2 aromatic carbocycles. The number of rotatable bonds is 9. The van der Waals surface area contributed by atoms with Crippen LogP contribution >= 0.6 is 0 Å². The molecule has 3 atom stereocenters. The van der Waals surface area contributed by atoms with Crippen LogP contribution in [0, 0.1) is 24.7 Å². The number of ether oxygens (including phenoxy) is 1. The van der Waals surface area contributed by atoms with Crippen LogP contribution < -0.4 is 20.7 Å². The summed E-state index contributed by atoms with van der Waals surface area (Å²) in [5.41, 5.74) is 3.29. The first kappa shape index (κ1) is 27.1. The molecule has 3 heterocycles. The highest BCUT2D eigenvalue weighted by Gasteiger charge is 2.40. The number of aromatic nitrogens is 3. The normalized spacial score (nSPS) is 20.1. The van der Waals surface area contributed by atoms with Crippen molar-refractivity contribution >= 4 is 28.3 Å².